The maximum atomic E-state index is 13.5. The topological polar surface area (TPSA) is 115 Å². The number of phenols is 1. The van der Waals surface area contributed by atoms with Crippen molar-refractivity contribution >= 4 is 57.6 Å². The van der Waals surface area contributed by atoms with Crippen LogP contribution in [0.3, 0.4) is 0 Å². The zero-order valence-corrected chi connectivity index (χ0v) is 20.0. The van der Waals surface area contributed by atoms with E-state index in [1.807, 2.05) is 12.1 Å². The number of fused-ring (bicyclic) bond motifs is 5. The van der Waals surface area contributed by atoms with Crippen molar-refractivity contribution in [3.05, 3.63) is 53.6 Å². The summed E-state index contributed by atoms with van der Waals surface area (Å²) in [5, 5.41) is 22.8. The number of carbonyl (C=O) groups is 4. The van der Waals surface area contributed by atoms with E-state index in [0.717, 1.165) is 10.3 Å². The molecule has 3 fully saturated rings. The minimum atomic E-state index is -1.97. The first-order chi connectivity index (χ1) is 16.5. The van der Waals surface area contributed by atoms with Crippen LogP contribution in [0, 0.1) is 17.8 Å². The summed E-state index contributed by atoms with van der Waals surface area (Å²) in [5.74, 6) is -6.55. The predicted molar refractivity (Wildman–Crippen MR) is 125 cm³/mol. The molecule has 6 unspecified atom stereocenters. The van der Waals surface area contributed by atoms with Gasteiger partial charge in [0.1, 0.15) is 5.75 Å². The van der Waals surface area contributed by atoms with Crippen LogP contribution in [0.5, 0.6) is 5.75 Å². The molecule has 6 atom stereocenters. The van der Waals surface area contributed by atoms with Gasteiger partial charge in [-0.3, -0.25) is 29.3 Å². The quantitative estimate of drug-likeness (QED) is 0.261. The summed E-state index contributed by atoms with van der Waals surface area (Å²) >= 11 is 14.1. The van der Waals surface area contributed by atoms with Gasteiger partial charge in [-0.25, -0.2) is 0 Å². The Hall–Kier alpha value is -2.94. The number of nitrogens with zero attached hydrogens (tertiary/aromatic N) is 2. The van der Waals surface area contributed by atoms with Gasteiger partial charge < -0.3 is 5.11 Å². The highest BCUT2D eigenvalue weighted by Crippen LogP contribution is 2.66. The van der Waals surface area contributed by atoms with E-state index in [4.69, 9.17) is 23.2 Å². The molecule has 0 radical (unpaired) electrons. The Labute approximate surface area is 209 Å². The van der Waals surface area contributed by atoms with Gasteiger partial charge >= 0.3 is 0 Å². The normalized spacial score (nSPS) is 36.4. The highest BCUT2D eigenvalue weighted by Gasteiger charge is 2.76. The maximum Gasteiger partial charge on any atom is 0.257 e. The SMILES string of the molecule is CN1C(=O)C2(Cl)CC3C(=CCC4C(=O)N(O)C(=O)C43)C(c3ccc4ccccc4c3O)C2(Cl)C1=O. The van der Waals surface area contributed by atoms with Gasteiger partial charge in [-0.15, -0.1) is 23.2 Å². The van der Waals surface area contributed by atoms with E-state index in [-0.39, 0.29) is 23.7 Å². The van der Waals surface area contributed by atoms with Crippen LogP contribution in [-0.2, 0) is 19.2 Å². The lowest BCUT2D eigenvalue weighted by Gasteiger charge is -2.50. The highest BCUT2D eigenvalue weighted by atomic mass is 35.5. The van der Waals surface area contributed by atoms with Gasteiger partial charge in [0.15, 0.2) is 9.75 Å². The number of likely N-dealkylation sites (tertiary alicyclic amines) is 1. The van der Waals surface area contributed by atoms with E-state index in [9.17, 15) is 29.5 Å². The lowest BCUT2D eigenvalue weighted by molar-refractivity contribution is -0.173. The average molecular weight is 515 g/mol. The molecule has 2 aliphatic carbocycles. The molecule has 2 aromatic carbocycles. The van der Waals surface area contributed by atoms with Crippen molar-refractivity contribution in [2.24, 2.45) is 17.8 Å². The van der Waals surface area contributed by atoms with E-state index in [0.29, 0.717) is 16.5 Å². The van der Waals surface area contributed by atoms with Gasteiger partial charge in [0.05, 0.1) is 11.8 Å². The average Bonchev–Trinajstić information content (AvgIpc) is 3.15. The fourth-order valence-electron chi connectivity index (χ4n) is 6.58. The summed E-state index contributed by atoms with van der Waals surface area (Å²) in [4.78, 5) is 49.3. The molecule has 0 aromatic heterocycles. The lowest BCUT2D eigenvalue weighted by Crippen LogP contribution is -2.60. The fraction of sp³-hybridized carbons (Fsp3) is 0.360. The van der Waals surface area contributed by atoms with Crippen LogP contribution in [0.15, 0.2) is 48.0 Å². The first-order valence-corrected chi connectivity index (χ1v) is 12.0. The molecular weight excluding hydrogens is 495 g/mol. The summed E-state index contributed by atoms with van der Waals surface area (Å²) < 4.78 is 0. The standard InChI is InChI=1S/C25H20Cl2N2O6/c1-28-22(33)24(26)10-16-13(8-9-14-17(16)21(32)29(35)20(14)31)18(25(24,27)23(28)34)15-7-6-11-4-2-3-5-12(11)19(15)30/h2-8,14,16-18,30,35H,9-10H2,1H3. The molecule has 2 N–H and O–H groups in total. The van der Waals surface area contributed by atoms with E-state index in [2.05, 4.69) is 0 Å². The third-order valence-electron chi connectivity index (χ3n) is 8.23. The minimum absolute atomic E-state index is 0.108. The lowest BCUT2D eigenvalue weighted by atomic mass is 9.56. The Bertz CT molecular complexity index is 1410. The zero-order chi connectivity index (χ0) is 25.0. The van der Waals surface area contributed by atoms with Gasteiger partial charge in [-0.1, -0.05) is 48.0 Å². The van der Waals surface area contributed by atoms with E-state index >= 15 is 0 Å². The van der Waals surface area contributed by atoms with Crippen LogP contribution < -0.4 is 0 Å². The Balaban J connectivity index is 1.63. The van der Waals surface area contributed by atoms with Crippen LogP contribution in [0.2, 0.25) is 0 Å². The van der Waals surface area contributed by atoms with Crippen molar-refractivity contribution in [3.63, 3.8) is 0 Å². The number of rotatable bonds is 1. The first kappa shape index (κ1) is 22.5. The van der Waals surface area contributed by atoms with E-state index < -0.39 is 57.0 Å². The third kappa shape index (κ3) is 2.52. The van der Waals surface area contributed by atoms with Gasteiger partial charge in [0, 0.05) is 23.9 Å². The molecule has 2 heterocycles. The molecule has 2 aromatic rings. The molecule has 2 saturated heterocycles. The smallest absolute Gasteiger partial charge is 0.257 e. The molecule has 0 spiro atoms. The number of allylic oxidation sites excluding steroid dienone is 2. The number of halogens is 2. The second-order valence-corrected chi connectivity index (χ2v) is 11.0. The molecular formula is C25H20Cl2N2O6. The van der Waals surface area contributed by atoms with Gasteiger partial charge in [-0.05, 0) is 24.1 Å². The predicted octanol–water partition coefficient (Wildman–Crippen LogP) is 2.92. The number of aromatic hydroxyl groups is 1. The van der Waals surface area contributed by atoms with E-state index in [1.165, 1.54) is 7.05 Å². The van der Waals surface area contributed by atoms with Gasteiger partial charge in [0.25, 0.3) is 23.6 Å². The Morgan fingerprint density at radius 1 is 0.971 bits per heavy atom. The van der Waals surface area contributed by atoms with Crippen molar-refractivity contribution in [2.75, 3.05) is 7.05 Å². The number of phenolic OH excluding ortho intramolecular Hbond substituents is 1. The van der Waals surface area contributed by atoms with E-state index in [1.54, 1.807) is 30.3 Å². The molecule has 6 rings (SSSR count). The number of imide groups is 2. The molecule has 10 heteroatoms. The Kier molecular flexibility index (Phi) is 4.54. The molecule has 2 aliphatic heterocycles. The third-order valence-corrected chi connectivity index (χ3v) is 9.65. The Morgan fingerprint density at radius 2 is 1.69 bits per heavy atom. The van der Waals surface area contributed by atoms with Crippen LogP contribution in [0.4, 0.5) is 0 Å². The van der Waals surface area contributed by atoms with Crippen molar-refractivity contribution < 1.29 is 29.5 Å². The molecule has 180 valence electrons. The number of hydrogen-bond donors (Lipinski definition) is 2. The van der Waals surface area contributed by atoms with Crippen molar-refractivity contribution in [2.45, 2.75) is 28.5 Å². The number of alkyl halides is 2. The second-order valence-electron chi connectivity index (χ2n) is 9.71. The molecule has 8 nitrogen and oxygen atoms in total. The van der Waals surface area contributed by atoms with Crippen LogP contribution in [0.25, 0.3) is 10.8 Å². The number of amides is 4. The zero-order valence-electron chi connectivity index (χ0n) is 18.4. The molecule has 35 heavy (non-hydrogen) atoms. The van der Waals surface area contributed by atoms with Crippen molar-refractivity contribution in [1.29, 1.82) is 0 Å². The van der Waals surface area contributed by atoms with Crippen molar-refractivity contribution in [3.8, 4) is 5.75 Å². The second kappa shape index (κ2) is 7.06. The highest BCUT2D eigenvalue weighted by molar-refractivity contribution is 6.53. The van der Waals surface area contributed by atoms with Crippen LogP contribution in [-0.4, -0.2) is 60.7 Å². The number of benzene rings is 2. The monoisotopic (exact) mass is 514 g/mol. The van der Waals surface area contributed by atoms with Crippen molar-refractivity contribution in [1.82, 2.24) is 9.96 Å². The van der Waals surface area contributed by atoms with Gasteiger partial charge in [0.2, 0.25) is 0 Å². The number of hydrogen-bond acceptors (Lipinski definition) is 6. The number of carbonyl (C=O) groups excluding carboxylic acids is 4. The van der Waals surface area contributed by atoms with Crippen LogP contribution >= 0.6 is 23.2 Å². The summed E-state index contributed by atoms with van der Waals surface area (Å²) in [6.07, 6.45) is 1.72. The summed E-state index contributed by atoms with van der Waals surface area (Å²) in [7, 11) is 1.30. The fourth-order valence-corrected chi connectivity index (χ4v) is 7.59. The molecule has 0 bridgehead atoms. The Morgan fingerprint density at radius 3 is 2.43 bits per heavy atom. The van der Waals surface area contributed by atoms with Crippen LogP contribution in [0.1, 0.15) is 24.3 Å². The van der Waals surface area contributed by atoms with Gasteiger partial charge in [-0.2, -0.15) is 5.06 Å². The minimum Gasteiger partial charge on any atom is -0.507 e. The molecule has 4 aliphatic rings. The number of hydroxylamine groups is 2. The largest absolute Gasteiger partial charge is 0.507 e. The maximum absolute atomic E-state index is 13.5. The summed E-state index contributed by atoms with van der Waals surface area (Å²) in [6, 6.07) is 10.6. The summed E-state index contributed by atoms with van der Waals surface area (Å²) in [6.45, 7) is 0. The summed E-state index contributed by atoms with van der Waals surface area (Å²) in [5.41, 5.74) is 0.850. The first-order valence-electron chi connectivity index (χ1n) is 11.2. The molecule has 1 saturated carbocycles. The molecule has 4 amide bonds.